The molecule has 0 spiro atoms. The Labute approximate surface area is 95.1 Å². The average Bonchev–Trinajstić information content (AvgIpc) is 2.72. The topological polar surface area (TPSA) is 38.9 Å². The minimum absolute atomic E-state index is 0.229. The molecule has 0 saturated carbocycles. The van der Waals surface area contributed by atoms with E-state index in [1.165, 1.54) is 16.7 Å². The van der Waals surface area contributed by atoms with Crippen molar-refractivity contribution in [1.29, 1.82) is 0 Å². The highest BCUT2D eigenvalue weighted by Gasteiger charge is 2.18. The molecule has 2 heteroatoms. The molecule has 1 unspecified atom stereocenters. The van der Waals surface area contributed by atoms with Crippen molar-refractivity contribution < 1.29 is 0 Å². The summed E-state index contributed by atoms with van der Waals surface area (Å²) >= 11 is 0. The first kappa shape index (κ1) is 9.55. The third kappa shape index (κ3) is 1.51. The van der Waals surface area contributed by atoms with Gasteiger partial charge < -0.3 is 5.73 Å². The maximum Gasteiger partial charge on any atom is 0.0702 e. The van der Waals surface area contributed by atoms with E-state index in [4.69, 9.17) is 5.73 Å². The molecule has 0 fully saturated rings. The maximum atomic E-state index is 6.02. The first-order chi connectivity index (χ1) is 7.84. The molecule has 80 valence electrons. The van der Waals surface area contributed by atoms with Crippen LogP contribution in [0.2, 0.25) is 0 Å². The van der Waals surface area contributed by atoms with Crippen LogP contribution in [0.15, 0.2) is 42.6 Å². The van der Waals surface area contributed by atoms with Crippen LogP contribution in [0.1, 0.15) is 23.6 Å². The summed E-state index contributed by atoms with van der Waals surface area (Å²) in [5, 5.41) is 0. The minimum atomic E-state index is 0.229. The molecule has 2 N–H and O–H groups in total. The Kier molecular flexibility index (Phi) is 2.22. The Morgan fingerprint density at radius 1 is 1.19 bits per heavy atom. The molecule has 0 saturated heterocycles. The molecule has 2 aromatic rings. The smallest absolute Gasteiger partial charge is 0.0702 e. The van der Waals surface area contributed by atoms with Crippen LogP contribution in [0.25, 0.3) is 11.3 Å². The van der Waals surface area contributed by atoms with Crippen LogP contribution >= 0.6 is 0 Å². The van der Waals surface area contributed by atoms with Crippen molar-refractivity contribution in [2.24, 2.45) is 5.73 Å². The molecule has 2 nitrogen and oxygen atoms in total. The van der Waals surface area contributed by atoms with Crippen molar-refractivity contribution in [2.45, 2.75) is 18.9 Å². The summed E-state index contributed by atoms with van der Waals surface area (Å²) in [6.45, 7) is 0. The number of pyridine rings is 1. The lowest BCUT2D eigenvalue weighted by Gasteiger charge is -2.06. The van der Waals surface area contributed by atoms with Gasteiger partial charge in [0.15, 0.2) is 0 Å². The summed E-state index contributed by atoms with van der Waals surface area (Å²) in [6.07, 6.45) is 3.99. The molecule has 3 rings (SSSR count). The van der Waals surface area contributed by atoms with Gasteiger partial charge >= 0.3 is 0 Å². The van der Waals surface area contributed by atoms with Crippen molar-refractivity contribution in [3.05, 3.63) is 53.7 Å². The monoisotopic (exact) mass is 210 g/mol. The van der Waals surface area contributed by atoms with Gasteiger partial charge in [-0.2, -0.15) is 0 Å². The Morgan fingerprint density at radius 3 is 2.94 bits per heavy atom. The predicted octanol–water partition coefficient (Wildman–Crippen LogP) is 2.69. The van der Waals surface area contributed by atoms with Crippen LogP contribution in [-0.4, -0.2) is 4.98 Å². The van der Waals surface area contributed by atoms with Crippen molar-refractivity contribution in [3.63, 3.8) is 0 Å². The van der Waals surface area contributed by atoms with Gasteiger partial charge in [0.25, 0.3) is 0 Å². The van der Waals surface area contributed by atoms with E-state index in [0.29, 0.717) is 0 Å². The zero-order valence-corrected chi connectivity index (χ0v) is 9.06. The lowest BCUT2D eigenvalue weighted by Crippen LogP contribution is -2.04. The number of nitrogens with two attached hydrogens (primary N) is 1. The highest BCUT2D eigenvalue weighted by Crippen LogP contribution is 2.32. The molecule has 0 bridgehead atoms. The largest absolute Gasteiger partial charge is 0.324 e. The summed E-state index contributed by atoms with van der Waals surface area (Å²) in [5.74, 6) is 0. The summed E-state index contributed by atoms with van der Waals surface area (Å²) in [5.41, 5.74) is 10.9. The minimum Gasteiger partial charge on any atom is -0.324 e. The Balaban J connectivity index is 2.06. The third-order valence-corrected chi connectivity index (χ3v) is 3.23. The maximum absolute atomic E-state index is 6.02. The number of rotatable bonds is 1. The standard InChI is InChI=1S/C14H14N2/c15-13-7-5-10-9-11(4-6-12(10)13)14-3-1-2-8-16-14/h1-4,6,8-9,13H,5,7,15H2. The third-order valence-electron chi connectivity index (χ3n) is 3.23. The van der Waals surface area contributed by atoms with Gasteiger partial charge in [0, 0.05) is 17.8 Å². The van der Waals surface area contributed by atoms with Crippen LogP contribution in [0.5, 0.6) is 0 Å². The summed E-state index contributed by atoms with van der Waals surface area (Å²) in [6, 6.07) is 12.7. The second-order valence-corrected chi connectivity index (χ2v) is 4.27. The van der Waals surface area contributed by atoms with Crippen molar-refractivity contribution in [1.82, 2.24) is 4.98 Å². The van der Waals surface area contributed by atoms with Gasteiger partial charge in [0.1, 0.15) is 0 Å². The first-order valence-corrected chi connectivity index (χ1v) is 5.64. The van der Waals surface area contributed by atoms with Gasteiger partial charge in [-0.15, -0.1) is 0 Å². The Hall–Kier alpha value is -1.67. The zero-order chi connectivity index (χ0) is 11.0. The van der Waals surface area contributed by atoms with Crippen LogP contribution in [0.3, 0.4) is 0 Å². The number of nitrogens with zero attached hydrogens (tertiary/aromatic N) is 1. The second kappa shape index (κ2) is 3.72. The number of aryl methyl sites for hydroxylation is 1. The van der Waals surface area contributed by atoms with Crippen LogP contribution in [0, 0.1) is 0 Å². The Morgan fingerprint density at radius 2 is 2.12 bits per heavy atom. The van der Waals surface area contributed by atoms with E-state index in [-0.39, 0.29) is 6.04 Å². The fourth-order valence-electron chi connectivity index (χ4n) is 2.34. The van der Waals surface area contributed by atoms with Gasteiger partial charge in [-0.1, -0.05) is 18.2 Å². The van der Waals surface area contributed by atoms with E-state index in [1.54, 1.807) is 0 Å². The van der Waals surface area contributed by atoms with Gasteiger partial charge in [0.2, 0.25) is 0 Å². The molecule has 1 aromatic heterocycles. The van der Waals surface area contributed by atoms with Crippen molar-refractivity contribution in [3.8, 4) is 11.3 Å². The summed E-state index contributed by atoms with van der Waals surface area (Å²) < 4.78 is 0. The lowest BCUT2D eigenvalue weighted by molar-refractivity contribution is 0.713. The van der Waals surface area contributed by atoms with Crippen molar-refractivity contribution >= 4 is 0 Å². The highest BCUT2D eigenvalue weighted by atomic mass is 14.7. The van der Waals surface area contributed by atoms with E-state index in [0.717, 1.165) is 18.5 Å². The summed E-state index contributed by atoms with van der Waals surface area (Å²) in [7, 11) is 0. The molecule has 1 heterocycles. The zero-order valence-electron chi connectivity index (χ0n) is 9.06. The molecule has 1 aromatic carbocycles. The van der Waals surface area contributed by atoms with Gasteiger partial charge in [-0.3, -0.25) is 4.98 Å². The molecule has 0 aliphatic heterocycles. The van der Waals surface area contributed by atoms with E-state index in [2.05, 4.69) is 23.2 Å². The van der Waals surface area contributed by atoms with E-state index in [1.807, 2.05) is 24.4 Å². The lowest BCUT2D eigenvalue weighted by atomic mass is 10.0. The summed E-state index contributed by atoms with van der Waals surface area (Å²) in [4.78, 5) is 4.36. The molecule has 1 atom stereocenters. The van der Waals surface area contributed by atoms with Crippen LogP contribution < -0.4 is 5.73 Å². The number of fused-ring (bicyclic) bond motifs is 1. The molecule has 0 amide bonds. The number of benzene rings is 1. The van der Waals surface area contributed by atoms with Crippen LogP contribution in [-0.2, 0) is 6.42 Å². The van der Waals surface area contributed by atoms with E-state index in [9.17, 15) is 0 Å². The van der Waals surface area contributed by atoms with Gasteiger partial charge in [-0.25, -0.2) is 0 Å². The molecule has 0 radical (unpaired) electrons. The average molecular weight is 210 g/mol. The van der Waals surface area contributed by atoms with E-state index >= 15 is 0 Å². The molecule has 16 heavy (non-hydrogen) atoms. The fraction of sp³-hybridized carbons (Fsp3) is 0.214. The van der Waals surface area contributed by atoms with E-state index < -0.39 is 0 Å². The normalized spacial score (nSPS) is 18.4. The first-order valence-electron chi connectivity index (χ1n) is 5.64. The SMILES string of the molecule is NC1CCc2cc(-c3ccccn3)ccc21. The molecular weight excluding hydrogens is 196 g/mol. The second-order valence-electron chi connectivity index (χ2n) is 4.27. The quantitative estimate of drug-likeness (QED) is 0.786. The Bertz CT molecular complexity index is 505. The highest BCUT2D eigenvalue weighted by molar-refractivity contribution is 5.61. The number of hydrogen-bond acceptors (Lipinski definition) is 2. The van der Waals surface area contributed by atoms with Gasteiger partial charge in [0.05, 0.1) is 5.69 Å². The van der Waals surface area contributed by atoms with Crippen LogP contribution in [0.4, 0.5) is 0 Å². The van der Waals surface area contributed by atoms with Gasteiger partial charge in [-0.05, 0) is 42.2 Å². The fourth-order valence-corrected chi connectivity index (χ4v) is 2.34. The predicted molar refractivity (Wildman–Crippen MR) is 64.9 cm³/mol. The van der Waals surface area contributed by atoms with Crippen molar-refractivity contribution in [2.75, 3.05) is 0 Å². The molecule has 1 aliphatic rings. The number of aromatic nitrogens is 1. The molecule has 1 aliphatic carbocycles. The number of hydrogen-bond donors (Lipinski definition) is 1. The molecular formula is C14H14N2.